The van der Waals surface area contributed by atoms with Gasteiger partial charge in [-0.3, -0.25) is 0 Å². The summed E-state index contributed by atoms with van der Waals surface area (Å²) in [4.78, 5) is 14.2. The molecule has 1 fully saturated rings. The summed E-state index contributed by atoms with van der Waals surface area (Å²) in [7, 11) is 0. The first-order chi connectivity index (χ1) is 10.8. The number of rotatable bonds is 2. The van der Waals surface area contributed by atoms with Crippen LogP contribution in [0.25, 0.3) is 22.2 Å². The maximum atomic E-state index is 6.28. The summed E-state index contributed by atoms with van der Waals surface area (Å²) in [5.41, 5.74) is 3.96. The van der Waals surface area contributed by atoms with Crippen LogP contribution in [0.15, 0.2) is 36.8 Å². The molecule has 0 saturated carbocycles. The molecule has 5 nitrogen and oxygen atoms in total. The van der Waals surface area contributed by atoms with E-state index in [1.807, 2.05) is 24.5 Å². The molecule has 0 atom stereocenters. The summed E-state index contributed by atoms with van der Waals surface area (Å²) in [5, 5.41) is 1.58. The van der Waals surface area contributed by atoms with E-state index in [-0.39, 0.29) is 0 Å². The topological polar surface area (TPSA) is 54.0 Å². The second-order valence-corrected chi connectivity index (χ2v) is 5.56. The van der Waals surface area contributed by atoms with E-state index in [1.165, 1.54) is 0 Å². The smallest absolute Gasteiger partial charge is 0.139 e. The highest BCUT2D eigenvalue weighted by Gasteiger charge is 2.19. The number of aromatic amines is 1. The average Bonchev–Trinajstić information content (AvgIpc) is 3.00. The maximum absolute atomic E-state index is 6.28. The Kier molecular flexibility index (Phi) is 3.44. The predicted molar refractivity (Wildman–Crippen MR) is 87.4 cm³/mol. The van der Waals surface area contributed by atoms with Crippen LogP contribution in [0.5, 0.6) is 0 Å². The number of hydrogen-bond donors (Lipinski definition) is 1. The van der Waals surface area contributed by atoms with Crippen molar-refractivity contribution in [2.24, 2.45) is 0 Å². The molecule has 1 saturated heterocycles. The number of nitrogens with zero attached hydrogens (tertiary/aromatic N) is 3. The molecule has 4 heterocycles. The van der Waals surface area contributed by atoms with E-state index >= 15 is 0 Å². The van der Waals surface area contributed by atoms with Gasteiger partial charge in [-0.25, -0.2) is 9.97 Å². The van der Waals surface area contributed by atoms with E-state index in [0.29, 0.717) is 5.15 Å². The minimum absolute atomic E-state index is 0.500. The van der Waals surface area contributed by atoms with Gasteiger partial charge in [-0.05, 0) is 18.2 Å². The summed E-state index contributed by atoms with van der Waals surface area (Å²) in [6, 6.07) is 5.92. The molecule has 6 heteroatoms. The molecule has 0 spiro atoms. The van der Waals surface area contributed by atoms with Crippen molar-refractivity contribution in [3.63, 3.8) is 0 Å². The quantitative estimate of drug-likeness (QED) is 0.738. The Morgan fingerprint density at radius 1 is 1.09 bits per heavy atom. The number of aromatic nitrogens is 3. The van der Waals surface area contributed by atoms with Crippen molar-refractivity contribution < 1.29 is 4.74 Å². The highest BCUT2D eigenvalue weighted by Crippen LogP contribution is 2.37. The van der Waals surface area contributed by atoms with Gasteiger partial charge in [0.1, 0.15) is 10.8 Å². The molecule has 0 aliphatic carbocycles. The molecule has 3 aromatic rings. The lowest BCUT2D eigenvalue weighted by atomic mass is 10.1. The number of H-pyrrole nitrogens is 1. The van der Waals surface area contributed by atoms with Crippen LogP contribution in [0.1, 0.15) is 0 Å². The van der Waals surface area contributed by atoms with E-state index in [0.717, 1.165) is 54.2 Å². The van der Waals surface area contributed by atoms with Crippen LogP contribution in [0.2, 0.25) is 5.15 Å². The molecule has 1 aliphatic rings. The van der Waals surface area contributed by atoms with E-state index in [4.69, 9.17) is 16.3 Å². The molecule has 4 rings (SSSR count). The van der Waals surface area contributed by atoms with Crippen LogP contribution in [-0.4, -0.2) is 41.3 Å². The van der Waals surface area contributed by atoms with Crippen molar-refractivity contribution in [1.29, 1.82) is 0 Å². The lowest BCUT2D eigenvalue weighted by molar-refractivity contribution is 0.123. The van der Waals surface area contributed by atoms with E-state index in [2.05, 4.69) is 25.9 Å². The second kappa shape index (κ2) is 5.59. The molecule has 1 N–H and O–H groups in total. The zero-order valence-corrected chi connectivity index (χ0v) is 12.7. The van der Waals surface area contributed by atoms with Crippen molar-refractivity contribution in [3.8, 4) is 11.1 Å². The standard InChI is InChI=1S/C16H15ClN4O/c17-15-11(2-1-4-18-15)12-10-20-16-14(12)13(3-5-19-16)21-6-8-22-9-7-21/h1-5,10H,6-9H2,(H,19,20). The zero-order chi connectivity index (χ0) is 14.9. The molecular formula is C16H15ClN4O. The van der Waals surface area contributed by atoms with Gasteiger partial charge >= 0.3 is 0 Å². The third-order valence-corrected chi connectivity index (χ3v) is 4.25. The molecule has 0 radical (unpaired) electrons. The molecule has 112 valence electrons. The van der Waals surface area contributed by atoms with Crippen LogP contribution < -0.4 is 4.90 Å². The summed E-state index contributed by atoms with van der Waals surface area (Å²) < 4.78 is 5.45. The van der Waals surface area contributed by atoms with Gasteiger partial charge in [0.15, 0.2) is 0 Å². The fourth-order valence-electron chi connectivity index (χ4n) is 2.91. The molecule has 3 aromatic heterocycles. The number of morpholine rings is 1. The Bertz CT molecular complexity index is 811. The van der Waals surface area contributed by atoms with Crippen LogP contribution in [0, 0.1) is 0 Å². The van der Waals surface area contributed by atoms with Crippen LogP contribution >= 0.6 is 11.6 Å². The van der Waals surface area contributed by atoms with Gasteiger partial charge < -0.3 is 14.6 Å². The summed E-state index contributed by atoms with van der Waals surface area (Å²) >= 11 is 6.28. The van der Waals surface area contributed by atoms with Crippen LogP contribution in [0.3, 0.4) is 0 Å². The van der Waals surface area contributed by atoms with Gasteiger partial charge in [-0.1, -0.05) is 11.6 Å². The van der Waals surface area contributed by atoms with Gasteiger partial charge in [-0.2, -0.15) is 0 Å². The zero-order valence-electron chi connectivity index (χ0n) is 11.9. The number of pyridine rings is 2. The van der Waals surface area contributed by atoms with Gasteiger partial charge in [0.2, 0.25) is 0 Å². The minimum Gasteiger partial charge on any atom is -0.378 e. The van der Waals surface area contributed by atoms with Crippen molar-refractivity contribution >= 4 is 28.3 Å². The Morgan fingerprint density at radius 2 is 1.95 bits per heavy atom. The predicted octanol–water partition coefficient (Wildman–Crippen LogP) is 3.11. The highest BCUT2D eigenvalue weighted by atomic mass is 35.5. The summed E-state index contributed by atoms with van der Waals surface area (Å²) in [6.45, 7) is 3.25. The second-order valence-electron chi connectivity index (χ2n) is 5.20. The first-order valence-corrected chi connectivity index (χ1v) is 7.62. The SMILES string of the molecule is Clc1ncccc1-c1c[nH]c2nccc(N3CCOCC3)c12. The molecule has 0 unspecified atom stereocenters. The van der Waals surface area contributed by atoms with Gasteiger partial charge in [-0.15, -0.1) is 0 Å². The average molecular weight is 315 g/mol. The third kappa shape index (κ3) is 2.23. The number of fused-ring (bicyclic) bond motifs is 1. The number of ether oxygens (including phenoxy) is 1. The van der Waals surface area contributed by atoms with Crippen molar-refractivity contribution in [2.75, 3.05) is 31.2 Å². The van der Waals surface area contributed by atoms with E-state index in [9.17, 15) is 0 Å². The highest BCUT2D eigenvalue weighted by molar-refractivity contribution is 6.32. The lowest BCUT2D eigenvalue weighted by Gasteiger charge is -2.29. The molecular weight excluding hydrogens is 300 g/mol. The van der Waals surface area contributed by atoms with Gasteiger partial charge in [0, 0.05) is 42.8 Å². The first kappa shape index (κ1) is 13.5. The number of nitrogens with one attached hydrogen (secondary N) is 1. The molecule has 0 amide bonds. The van der Waals surface area contributed by atoms with Gasteiger partial charge in [0.05, 0.1) is 24.3 Å². The van der Waals surface area contributed by atoms with Gasteiger partial charge in [0.25, 0.3) is 0 Å². The molecule has 0 bridgehead atoms. The van der Waals surface area contributed by atoms with Crippen molar-refractivity contribution in [2.45, 2.75) is 0 Å². The fourth-order valence-corrected chi connectivity index (χ4v) is 3.13. The monoisotopic (exact) mass is 314 g/mol. The normalized spacial score (nSPS) is 15.4. The molecule has 1 aliphatic heterocycles. The third-order valence-electron chi connectivity index (χ3n) is 3.95. The minimum atomic E-state index is 0.500. The van der Waals surface area contributed by atoms with E-state index in [1.54, 1.807) is 6.20 Å². The number of anilines is 1. The number of halogens is 1. The summed E-state index contributed by atoms with van der Waals surface area (Å²) in [5.74, 6) is 0. The largest absolute Gasteiger partial charge is 0.378 e. The molecule has 0 aromatic carbocycles. The van der Waals surface area contributed by atoms with Crippen LogP contribution in [0.4, 0.5) is 5.69 Å². The van der Waals surface area contributed by atoms with Crippen LogP contribution in [-0.2, 0) is 4.74 Å². The van der Waals surface area contributed by atoms with Crippen molar-refractivity contribution in [1.82, 2.24) is 15.0 Å². The first-order valence-electron chi connectivity index (χ1n) is 7.24. The lowest BCUT2D eigenvalue weighted by Crippen LogP contribution is -2.36. The summed E-state index contributed by atoms with van der Waals surface area (Å²) in [6.07, 6.45) is 5.48. The Hall–Kier alpha value is -2.11. The Morgan fingerprint density at radius 3 is 2.77 bits per heavy atom. The van der Waals surface area contributed by atoms with E-state index < -0.39 is 0 Å². The maximum Gasteiger partial charge on any atom is 0.139 e. The fraction of sp³-hybridized carbons (Fsp3) is 0.250. The Balaban J connectivity index is 1.91. The number of hydrogen-bond acceptors (Lipinski definition) is 4. The molecule has 22 heavy (non-hydrogen) atoms. The Labute approximate surface area is 132 Å². The van der Waals surface area contributed by atoms with Crippen molar-refractivity contribution in [3.05, 3.63) is 41.9 Å².